The largest absolute Gasteiger partial charge is 0.366 e. The van der Waals surface area contributed by atoms with E-state index >= 15 is 0 Å². The average molecular weight is 346 g/mol. The highest BCUT2D eigenvalue weighted by molar-refractivity contribution is 6.07. The molecule has 3 aromatic rings. The SMILES string of the molecule is Cl.Cn1cc(-c2cc3c([C@H]4CCNC4)ccc(C(N)=O)c3[nH]2)cn1. The summed E-state index contributed by atoms with van der Waals surface area (Å²) in [6, 6.07) is 5.98. The van der Waals surface area contributed by atoms with Crippen LogP contribution in [0.3, 0.4) is 0 Å². The van der Waals surface area contributed by atoms with E-state index in [0.717, 1.165) is 41.7 Å². The van der Waals surface area contributed by atoms with Crippen LogP contribution < -0.4 is 11.1 Å². The molecule has 0 spiro atoms. The monoisotopic (exact) mass is 345 g/mol. The molecule has 0 saturated carbocycles. The van der Waals surface area contributed by atoms with Crippen molar-refractivity contribution < 1.29 is 4.79 Å². The van der Waals surface area contributed by atoms with Gasteiger partial charge in [0.05, 0.1) is 17.3 Å². The molecule has 4 rings (SSSR count). The van der Waals surface area contributed by atoms with Crippen LogP contribution in [0.5, 0.6) is 0 Å². The van der Waals surface area contributed by atoms with Crippen LogP contribution in [0.4, 0.5) is 0 Å². The number of hydrogen-bond acceptors (Lipinski definition) is 3. The molecule has 2 aromatic heterocycles. The van der Waals surface area contributed by atoms with Crippen molar-refractivity contribution in [1.29, 1.82) is 0 Å². The number of halogens is 1. The lowest BCUT2D eigenvalue weighted by atomic mass is 9.93. The van der Waals surface area contributed by atoms with Gasteiger partial charge in [0.1, 0.15) is 0 Å². The van der Waals surface area contributed by atoms with E-state index in [-0.39, 0.29) is 12.4 Å². The molecule has 0 unspecified atom stereocenters. The number of nitrogens with zero attached hydrogens (tertiary/aromatic N) is 2. The minimum atomic E-state index is -0.411. The highest BCUT2D eigenvalue weighted by atomic mass is 35.5. The average Bonchev–Trinajstić information content (AvgIpc) is 3.25. The van der Waals surface area contributed by atoms with Gasteiger partial charge >= 0.3 is 0 Å². The van der Waals surface area contributed by atoms with Crippen LogP contribution in [0.1, 0.15) is 28.3 Å². The fourth-order valence-corrected chi connectivity index (χ4v) is 3.44. The van der Waals surface area contributed by atoms with E-state index < -0.39 is 5.91 Å². The summed E-state index contributed by atoms with van der Waals surface area (Å²) in [6.07, 6.45) is 4.87. The number of aryl methyl sites for hydroxylation is 1. The summed E-state index contributed by atoms with van der Waals surface area (Å²) in [5.74, 6) is 0.0580. The Morgan fingerprint density at radius 1 is 1.42 bits per heavy atom. The molecule has 1 aliphatic rings. The molecule has 4 N–H and O–H groups in total. The maximum atomic E-state index is 11.8. The predicted octanol–water partition coefficient (Wildman–Crippen LogP) is 2.17. The van der Waals surface area contributed by atoms with Crippen LogP contribution in [0.15, 0.2) is 30.6 Å². The summed E-state index contributed by atoms with van der Waals surface area (Å²) in [6.45, 7) is 2.00. The third-order valence-electron chi connectivity index (χ3n) is 4.61. The van der Waals surface area contributed by atoms with Gasteiger partial charge in [-0.2, -0.15) is 5.10 Å². The summed E-state index contributed by atoms with van der Waals surface area (Å²) in [4.78, 5) is 15.1. The predicted molar refractivity (Wildman–Crippen MR) is 96.5 cm³/mol. The second-order valence-electron chi connectivity index (χ2n) is 6.13. The number of nitrogens with one attached hydrogen (secondary N) is 2. The van der Waals surface area contributed by atoms with Crippen molar-refractivity contribution in [1.82, 2.24) is 20.1 Å². The van der Waals surface area contributed by atoms with E-state index in [1.165, 1.54) is 5.56 Å². The van der Waals surface area contributed by atoms with Gasteiger partial charge in [-0.05, 0) is 36.6 Å². The first-order valence-electron chi connectivity index (χ1n) is 7.78. The first-order chi connectivity index (χ1) is 11.1. The van der Waals surface area contributed by atoms with Crippen LogP contribution in [0.2, 0.25) is 0 Å². The van der Waals surface area contributed by atoms with Gasteiger partial charge in [0.25, 0.3) is 5.91 Å². The lowest BCUT2D eigenvalue weighted by molar-refractivity contribution is 0.100. The Bertz CT molecular complexity index is 892. The third-order valence-corrected chi connectivity index (χ3v) is 4.61. The molecule has 1 atom stereocenters. The summed E-state index contributed by atoms with van der Waals surface area (Å²) >= 11 is 0. The Labute approximate surface area is 145 Å². The summed E-state index contributed by atoms with van der Waals surface area (Å²) in [5, 5.41) is 8.69. The molecule has 1 aromatic carbocycles. The fraction of sp³-hybridized carbons (Fsp3) is 0.294. The number of aromatic amines is 1. The van der Waals surface area contributed by atoms with Gasteiger partial charge in [-0.25, -0.2) is 0 Å². The molecule has 3 heterocycles. The number of hydrogen-bond donors (Lipinski definition) is 3. The van der Waals surface area contributed by atoms with Crippen molar-refractivity contribution in [3.8, 4) is 11.3 Å². The lowest BCUT2D eigenvalue weighted by Gasteiger charge is -2.11. The van der Waals surface area contributed by atoms with Gasteiger partial charge in [0.2, 0.25) is 0 Å². The van der Waals surface area contributed by atoms with Gasteiger partial charge in [-0.15, -0.1) is 12.4 Å². The van der Waals surface area contributed by atoms with Crippen LogP contribution in [0, 0.1) is 0 Å². The van der Waals surface area contributed by atoms with Crippen LogP contribution in [0.25, 0.3) is 22.2 Å². The smallest absolute Gasteiger partial charge is 0.250 e. The molecule has 1 saturated heterocycles. The molecule has 7 heteroatoms. The van der Waals surface area contributed by atoms with Crippen molar-refractivity contribution in [2.75, 3.05) is 13.1 Å². The zero-order chi connectivity index (χ0) is 16.0. The molecule has 6 nitrogen and oxygen atoms in total. The Morgan fingerprint density at radius 3 is 2.88 bits per heavy atom. The number of carbonyl (C=O) groups excluding carboxylic acids is 1. The summed E-state index contributed by atoms with van der Waals surface area (Å²) in [5.41, 5.74) is 10.1. The highest BCUT2D eigenvalue weighted by Gasteiger charge is 2.22. The van der Waals surface area contributed by atoms with E-state index in [2.05, 4.69) is 21.5 Å². The highest BCUT2D eigenvalue weighted by Crippen LogP contribution is 2.34. The zero-order valence-corrected chi connectivity index (χ0v) is 14.2. The number of aromatic nitrogens is 3. The van der Waals surface area contributed by atoms with Gasteiger partial charge in [-0.3, -0.25) is 9.48 Å². The van der Waals surface area contributed by atoms with Crippen LogP contribution >= 0.6 is 12.4 Å². The molecule has 0 bridgehead atoms. The van der Waals surface area contributed by atoms with Crippen LogP contribution in [-0.4, -0.2) is 33.8 Å². The maximum Gasteiger partial charge on any atom is 0.250 e. The Kier molecular flexibility index (Phi) is 4.34. The standard InChI is InChI=1S/C17H19N5O.ClH/c1-22-9-11(8-20-22)15-6-14-12(10-4-5-19-7-10)2-3-13(17(18)23)16(14)21-15;/h2-3,6,8-10,19,21H,4-5,7H2,1H3,(H2,18,23);1H/t10-;/m0./s1. The summed E-state index contributed by atoms with van der Waals surface area (Å²) in [7, 11) is 1.89. The maximum absolute atomic E-state index is 11.8. The van der Waals surface area contributed by atoms with E-state index in [1.807, 2.05) is 31.6 Å². The third kappa shape index (κ3) is 2.68. The van der Waals surface area contributed by atoms with E-state index in [9.17, 15) is 4.79 Å². The first kappa shape index (κ1) is 16.5. The molecular weight excluding hydrogens is 326 g/mol. The minimum Gasteiger partial charge on any atom is -0.366 e. The van der Waals surface area contributed by atoms with Gasteiger partial charge in [-0.1, -0.05) is 6.07 Å². The number of rotatable bonds is 3. The number of H-pyrrole nitrogens is 1. The molecule has 0 aliphatic carbocycles. The van der Waals surface area contributed by atoms with E-state index in [0.29, 0.717) is 11.5 Å². The number of amides is 1. The molecule has 126 valence electrons. The Balaban J connectivity index is 0.00000169. The first-order valence-corrected chi connectivity index (χ1v) is 7.78. The minimum absolute atomic E-state index is 0. The molecular formula is C17H20ClN5O. The van der Waals surface area contributed by atoms with Crippen molar-refractivity contribution in [2.24, 2.45) is 12.8 Å². The van der Waals surface area contributed by atoms with Crippen molar-refractivity contribution in [2.45, 2.75) is 12.3 Å². The number of carbonyl (C=O) groups is 1. The topological polar surface area (TPSA) is 88.7 Å². The normalized spacial score (nSPS) is 17.1. The molecule has 1 aliphatic heterocycles. The molecule has 1 amide bonds. The second-order valence-corrected chi connectivity index (χ2v) is 6.13. The van der Waals surface area contributed by atoms with Gasteiger partial charge in [0.15, 0.2) is 0 Å². The van der Waals surface area contributed by atoms with Gasteiger partial charge < -0.3 is 16.0 Å². The number of primary amides is 1. The van der Waals surface area contributed by atoms with E-state index in [4.69, 9.17) is 5.73 Å². The zero-order valence-electron chi connectivity index (χ0n) is 13.4. The molecule has 0 radical (unpaired) electrons. The number of nitrogens with two attached hydrogens (primary N) is 1. The summed E-state index contributed by atoms with van der Waals surface area (Å²) < 4.78 is 1.76. The van der Waals surface area contributed by atoms with E-state index in [1.54, 1.807) is 4.68 Å². The number of fused-ring (bicyclic) bond motifs is 1. The lowest BCUT2D eigenvalue weighted by Crippen LogP contribution is -2.12. The van der Waals surface area contributed by atoms with Crippen molar-refractivity contribution >= 4 is 29.2 Å². The van der Waals surface area contributed by atoms with Crippen LogP contribution in [-0.2, 0) is 7.05 Å². The Hall–Kier alpha value is -2.31. The Morgan fingerprint density at radius 2 is 2.25 bits per heavy atom. The second kappa shape index (κ2) is 6.30. The fourth-order valence-electron chi connectivity index (χ4n) is 3.44. The molecule has 1 fully saturated rings. The quantitative estimate of drug-likeness (QED) is 0.679. The number of benzene rings is 1. The van der Waals surface area contributed by atoms with Gasteiger partial charge in [0, 0.05) is 36.4 Å². The van der Waals surface area contributed by atoms with Crippen molar-refractivity contribution in [3.63, 3.8) is 0 Å². The molecule has 24 heavy (non-hydrogen) atoms. The van der Waals surface area contributed by atoms with Crippen molar-refractivity contribution in [3.05, 3.63) is 41.7 Å².